The van der Waals surface area contributed by atoms with Gasteiger partial charge in [-0.3, -0.25) is 0 Å². The second kappa shape index (κ2) is 3.99. The zero-order valence-electron chi connectivity index (χ0n) is 8.06. The number of anilines is 1. The number of benzene rings is 1. The van der Waals surface area contributed by atoms with Crippen molar-refractivity contribution in [2.75, 3.05) is 12.8 Å². The second-order valence-electron chi connectivity index (χ2n) is 2.88. The van der Waals surface area contributed by atoms with Crippen LogP contribution in [-0.4, -0.2) is 13.1 Å². The lowest BCUT2D eigenvalue weighted by atomic mass is 10.0. The fourth-order valence-corrected chi connectivity index (χ4v) is 1.20. The van der Waals surface area contributed by atoms with Crippen molar-refractivity contribution in [1.82, 2.24) is 0 Å². The average molecular weight is 237 g/mol. The highest BCUT2D eigenvalue weighted by Crippen LogP contribution is 2.37. The summed E-state index contributed by atoms with van der Waals surface area (Å²) in [6, 6.07) is 1.42. The van der Waals surface area contributed by atoms with Crippen LogP contribution in [-0.2, 0) is 10.9 Å². The third kappa shape index (κ3) is 2.07. The van der Waals surface area contributed by atoms with E-state index in [-0.39, 0.29) is 0 Å². The van der Waals surface area contributed by atoms with E-state index in [0.717, 1.165) is 13.2 Å². The number of hydrogen-bond donors (Lipinski definition) is 1. The maximum absolute atomic E-state index is 13.1. The van der Waals surface area contributed by atoms with Crippen LogP contribution in [0.4, 0.5) is 23.2 Å². The minimum absolute atomic E-state index is 0.677. The van der Waals surface area contributed by atoms with E-state index in [4.69, 9.17) is 5.73 Å². The summed E-state index contributed by atoms with van der Waals surface area (Å²) in [4.78, 5) is 11.0. The number of methoxy groups -OCH3 is 1. The molecule has 0 radical (unpaired) electrons. The quantitative estimate of drug-likeness (QED) is 0.463. The summed E-state index contributed by atoms with van der Waals surface area (Å²) in [7, 11) is 0.852. The van der Waals surface area contributed by atoms with Gasteiger partial charge in [0.25, 0.3) is 0 Å². The molecule has 0 aromatic heterocycles. The molecule has 0 heterocycles. The van der Waals surface area contributed by atoms with Gasteiger partial charge in [-0.15, -0.1) is 0 Å². The number of alkyl halides is 3. The molecule has 0 amide bonds. The first-order valence-electron chi connectivity index (χ1n) is 4.02. The Morgan fingerprint density at radius 2 is 1.94 bits per heavy atom. The number of carbonyl (C=O) groups is 1. The van der Waals surface area contributed by atoms with Gasteiger partial charge in [0.2, 0.25) is 0 Å². The van der Waals surface area contributed by atoms with Crippen molar-refractivity contribution in [1.29, 1.82) is 0 Å². The Bertz CT molecular complexity index is 428. The SMILES string of the molecule is COC(=O)c1c(F)ccc(N)c1C(F)(F)F. The fourth-order valence-electron chi connectivity index (χ4n) is 1.20. The molecule has 0 aliphatic carbocycles. The Morgan fingerprint density at radius 3 is 2.38 bits per heavy atom. The minimum Gasteiger partial charge on any atom is -0.465 e. The molecule has 16 heavy (non-hydrogen) atoms. The number of hydrogen-bond acceptors (Lipinski definition) is 3. The summed E-state index contributed by atoms with van der Waals surface area (Å²) in [6.07, 6.45) is -4.92. The molecule has 0 aliphatic heterocycles. The average Bonchev–Trinajstić information content (AvgIpc) is 2.18. The van der Waals surface area contributed by atoms with Gasteiger partial charge in [0.05, 0.1) is 12.7 Å². The molecule has 0 unspecified atom stereocenters. The van der Waals surface area contributed by atoms with E-state index in [9.17, 15) is 22.4 Å². The highest BCUT2D eigenvalue weighted by atomic mass is 19.4. The van der Waals surface area contributed by atoms with Crippen molar-refractivity contribution in [2.45, 2.75) is 6.18 Å². The minimum atomic E-state index is -4.92. The molecular formula is C9H7F4NO2. The van der Waals surface area contributed by atoms with E-state index in [1.54, 1.807) is 0 Å². The van der Waals surface area contributed by atoms with Gasteiger partial charge < -0.3 is 10.5 Å². The summed E-state index contributed by atoms with van der Waals surface area (Å²) < 4.78 is 54.8. The molecule has 88 valence electrons. The summed E-state index contributed by atoms with van der Waals surface area (Å²) in [5.41, 5.74) is 1.63. The van der Waals surface area contributed by atoms with E-state index >= 15 is 0 Å². The number of halogens is 4. The number of carbonyl (C=O) groups excluding carboxylic acids is 1. The first-order valence-corrected chi connectivity index (χ1v) is 4.02. The van der Waals surface area contributed by atoms with Crippen molar-refractivity contribution >= 4 is 11.7 Å². The largest absolute Gasteiger partial charge is 0.465 e. The predicted octanol–water partition coefficient (Wildman–Crippen LogP) is 2.21. The third-order valence-corrected chi connectivity index (χ3v) is 1.86. The van der Waals surface area contributed by atoms with Gasteiger partial charge >= 0.3 is 12.1 Å². The second-order valence-corrected chi connectivity index (χ2v) is 2.88. The maximum atomic E-state index is 13.1. The normalized spacial score (nSPS) is 11.3. The smallest absolute Gasteiger partial charge is 0.419 e. The molecule has 0 aliphatic rings. The molecule has 0 saturated heterocycles. The summed E-state index contributed by atoms with van der Waals surface area (Å²) >= 11 is 0. The molecule has 3 nitrogen and oxygen atoms in total. The van der Waals surface area contributed by atoms with Crippen molar-refractivity contribution < 1.29 is 27.1 Å². The molecule has 1 aromatic rings. The van der Waals surface area contributed by atoms with Crippen LogP contribution in [0.2, 0.25) is 0 Å². The van der Waals surface area contributed by atoms with E-state index in [2.05, 4.69) is 4.74 Å². The van der Waals surface area contributed by atoms with Crippen LogP contribution in [0.1, 0.15) is 15.9 Å². The molecule has 0 spiro atoms. The lowest BCUT2D eigenvalue weighted by Crippen LogP contribution is -2.18. The first-order chi connectivity index (χ1) is 7.29. The monoisotopic (exact) mass is 237 g/mol. The molecule has 1 aromatic carbocycles. The van der Waals surface area contributed by atoms with Gasteiger partial charge in [-0.25, -0.2) is 9.18 Å². The number of nitrogens with two attached hydrogens (primary N) is 1. The van der Waals surface area contributed by atoms with Crippen LogP contribution in [0, 0.1) is 5.82 Å². The summed E-state index contributed by atoms with van der Waals surface area (Å²) in [6.45, 7) is 0. The van der Waals surface area contributed by atoms with E-state index < -0.39 is 34.8 Å². The zero-order chi connectivity index (χ0) is 12.5. The van der Waals surface area contributed by atoms with Crippen LogP contribution in [0.3, 0.4) is 0 Å². The maximum Gasteiger partial charge on any atom is 0.419 e. The Hall–Kier alpha value is -1.79. The standard InChI is InChI=1S/C9H7F4NO2/c1-16-8(15)6-4(10)2-3-5(14)7(6)9(11,12)13/h2-3H,14H2,1H3. The number of nitrogen functional groups attached to an aromatic ring is 1. The molecule has 2 N–H and O–H groups in total. The number of esters is 1. The van der Waals surface area contributed by atoms with Gasteiger partial charge in [-0.2, -0.15) is 13.2 Å². The first kappa shape index (κ1) is 12.3. The van der Waals surface area contributed by atoms with Crippen LogP contribution in [0.25, 0.3) is 0 Å². The molecule has 0 saturated carbocycles. The van der Waals surface area contributed by atoms with Crippen LogP contribution < -0.4 is 5.73 Å². The summed E-state index contributed by atoms with van der Waals surface area (Å²) in [5.74, 6) is -2.74. The lowest BCUT2D eigenvalue weighted by molar-refractivity contribution is -0.137. The fraction of sp³-hybridized carbons (Fsp3) is 0.222. The van der Waals surface area contributed by atoms with Gasteiger partial charge in [0.1, 0.15) is 11.4 Å². The Labute approximate surface area is 87.8 Å². The number of ether oxygens (including phenoxy) is 1. The molecule has 7 heteroatoms. The highest BCUT2D eigenvalue weighted by Gasteiger charge is 2.39. The van der Waals surface area contributed by atoms with E-state index in [1.807, 2.05) is 0 Å². The zero-order valence-corrected chi connectivity index (χ0v) is 8.06. The van der Waals surface area contributed by atoms with Gasteiger partial charge in [0.15, 0.2) is 0 Å². The highest BCUT2D eigenvalue weighted by molar-refractivity contribution is 5.93. The number of rotatable bonds is 1. The van der Waals surface area contributed by atoms with Crippen LogP contribution >= 0.6 is 0 Å². The predicted molar refractivity (Wildman–Crippen MR) is 47.2 cm³/mol. The lowest BCUT2D eigenvalue weighted by Gasteiger charge is -2.14. The molecule has 1 rings (SSSR count). The molecule has 0 bridgehead atoms. The molecule has 0 atom stereocenters. The Balaban J connectivity index is 3.56. The van der Waals surface area contributed by atoms with Crippen molar-refractivity contribution in [3.8, 4) is 0 Å². The van der Waals surface area contributed by atoms with Crippen molar-refractivity contribution in [3.63, 3.8) is 0 Å². The van der Waals surface area contributed by atoms with Crippen molar-refractivity contribution in [2.24, 2.45) is 0 Å². The van der Waals surface area contributed by atoms with Crippen molar-refractivity contribution in [3.05, 3.63) is 29.1 Å². The van der Waals surface area contributed by atoms with Crippen LogP contribution in [0.5, 0.6) is 0 Å². The van der Waals surface area contributed by atoms with E-state index in [0.29, 0.717) is 6.07 Å². The topological polar surface area (TPSA) is 52.3 Å². The molecular weight excluding hydrogens is 230 g/mol. The summed E-state index contributed by atoms with van der Waals surface area (Å²) in [5, 5.41) is 0. The van der Waals surface area contributed by atoms with E-state index in [1.165, 1.54) is 0 Å². The Morgan fingerprint density at radius 1 is 1.38 bits per heavy atom. The Kier molecular flexibility index (Phi) is 3.06. The molecule has 0 fully saturated rings. The van der Waals surface area contributed by atoms with Gasteiger partial charge in [-0.1, -0.05) is 0 Å². The van der Waals surface area contributed by atoms with Gasteiger partial charge in [0, 0.05) is 5.69 Å². The van der Waals surface area contributed by atoms with Gasteiger partial charge in [-0.05, 0) is 12.1 Å². The van der Waals surface area contributed by atoms with Crippen LogP contribution in [0.15, 0.2) is 12.1 Å². The third-order valence-electron chi connectivity index (χ3n) is 1.86.